The van der Waals surface area contributed by atoms with E-state index in [1.165, 1.54) is 19.2 Å². The van der Waals surface area contributed by atoms with Crippen LogP contribution in [0.3, 0.4) is 0 Å². The fourth-order valence-corrected chi connectivity index (χ4v) is 2.11. The van der Waals surface area contributed by atoms with Gasteiger partial charge in [0.15, 0.2) is 0 Å². The van der Waals surface area contributed by atoms with Crippen LogP contribution in [0.15, 0.2) is 41.3 Å². The second kappa shape index (κ2) is 6.69. The molecule has 0 bridgehead atoms. The number of aromatic nitrogens is 1. The molecule has 7 heteroatoms. The molecule has 5 nitrogen and oxygen atoms in total. The zero-order valence-corrected chi connectivity index (χ0v) is 12.1. The predicted molar refractivity (Wildman–Crippen MR) is 73.8 cm³/mol. The topological polar surface area (TPSA) is 71.5 Å². The third-order valence-corrected chi connectivity index (χ3v) is 3.31. The second-order valence-corrected chi connectivity index (χ2v) is 5.16. The second-order valence-electron chi connectivity index (χ2n) is 3.84. The number of rotatable bonds is 5. The number of benzene rings is 1. The highest BCUT2D eigenvalue weighted by molar-refractivity contribution is 7.79. The van der Waals surface area contributed by atoms with Crippen LogP contribution in [0, 0.1) is 0 Å². The highest BCUT2D eigenvalue weighted by Crippen LogP contribution is 2.19. The molecule has 0 saturated carbocycles. The van der Waals surface area contributed by atoms with Crippen LogP contribution in [-0.4, -0.2) is 20.9 Å². The summed E-state index contributed by atoms with van der Waals surface area (Å²) in [7, 11) is 1.51. The maximum absolute atomic E-state index is 10.7. The fraction of sp³-hybridized carbons (Fsp3) is 0.154. The minimum atomic E-state index is -2.23. The fourth-order valence-electron chi connectivity index (χ4n) is 1.52. The number of nitrogens with zero attached hydrogens (tertiary/aromatic N) is 1. The van der Waals surface area contributed by atoms with Gasteiger partial charge in [-0.05, 0) is 47.0 Å². The van der Waals surface area contributed by atoms with Crippen molar-refractivity contribution < 1.29 is 18.2 Å². The minimum absolute atomic E-state index is 0.214. The van der Waals surface area contributed by atoms with Crippen molar-refractivity contribution in [2.45, 2.75) is 11.5 Å². The zero-order chi connectivity index (χ0) is 14.5. The summed E-state index contributed by atoms with van der Waals surface area (Å²) in [4.78, 5) is 4.17. The Bertz CT molecular complexity index is 618. The van der Waals surface area contributed by atoms with Crippen LogP contribution in [-0.2, 0) is 17.7 Å². The molecular formula is C13H11ClNO4S-. The van der Waals surface area contributed by atoms with Crippen molar-refractivity contribution in [2.75, 3.05) is 7.11 Å². The number of hydrogen-bond acceptors (Lipinski definition) is 5. The lowest BCUT2D eigenvalue weighted by Gasteiger charge is -2.09. The quantitative estimate of drug-likeness (QED) is 0.627. The molecule has 0 spiro atoms. The molecule has 1 aromatic carbocycles. The van der Waals surface area contributed by atoms with Crippen molar-refractivity contribution in [1.82, 2.24) is 4.98 Å². The Hall–Kier alpha value is -1.63. The van der Waals surface area contributed by atoms with Crippen molar-refractivity contribution >= 4 is 22.7 Å². The Morgan fingerprint density at radius 2 is 2.00 bits per heavy atom. The Labute approximate surface area is 123 Å². The molecule has 0 N–H and O–H groups in total. The van der Waals surface area contributed by atoms with Gasteiger partial charge in [-0.2, -0.15) is 0 Å². The van der Waals surface area contributed by atoms with Crippen molar-refractivity contribution in [3.63, 3.8) is 0 Å². The van der Waals surface area contributed by atoms with E-state index in [4.69, 9.17) is 21.1 Å². The Kier molecular flexibility index (Phi) is 4.94. The molecule has 0 radical (unpaired) electrons. The Morgan fingerprint density at radius 3 is 2.60 bits per heavy atom. The van der Waals surface area contributed by atoms with E-state index in [0.29, 0.717) is 16.8 Å². The lowest BCUT2D eigenvalue weighted by molar-refractivity contribution is 0.304. The smallest absolute Gasteiger partial charge is 0.214 e. The van der Waals surface area contributed by atoms with Gasteiger partial charge in [0.2, 0.25) is 5.88 Å². The number of pyridine rings is 1. The highest BCUT2D eigenvalue weighted by Gasteiger charge is 2.03. The minimum Gasteiger partial charge on any atom is -0.768 e. The summed E-state index contributed by atoms with van der Waals surface area (Å²) in [6.45, 7) is 0.276. The zero-order valence-electron chi connectivity index (χ0n) is 10.5. The van der Waals surface area contributed by atoms with Gasteiger partial charge in [0.05, 0.1) is 7.11 Å². The largest absolute Gasteiger partial charge is 0.768 e. The first-order valence-corrected chi connectivity index (χ1v) is 7.06. The summed E-state index contributed by atoms with van der Waals surface area (Å²) >= 11 is 3.62. The van der Waals surface area contributed by atoms with Crippen molar-refractivity contribution in [3.8, 4) is 11.6 Å². The molecule has 1 atom stereocenters. The Balaban J connectivity index is 2.04. The predicted octanol–water partition coefficient (Wildman–Crippen LogP) is 2.56. The van der Waals surface area contributed by atoms with E-state index >= 15 is 0 Å². The number of ether oxygens (including phenoxy) is 2. The first kappa shape index (κ1) is 14.8. The summed E-state index contributed by atoms with van der Waals surface area (Å²) in [5, 5.41) is 0.319. The normalized spacial score (nSPS) is 11.9. The monoisotopic (exact) mass is 312 g/mol. The number of halogens is 1. The van der Waals surface area contributed by atoms with E-state index in [-0.39, 0.29) is 11.5 Å². The van der Waals surface area contributed by atoms with Crippen molar-refractivity contribution in [1.29, 1.82) is 0 Å². The lowest BCUT2D eigenvalue weighted by atomic mass is 10.3. The lowest BCUT2D eigenvalue weighted by Crippen LogP contribution is -1.98. The molecule has 0 fully saturated rings. The summed E-state index contributed by atoms with van der Waals surface area (Å²) in [6.07, 6.45) is 0. The van der Waals surface area contributed by atoms with Crippen LogP contribution in [0.5, 0.6) is 11.6 Å². The van der Waals surface area contributed by atoms with Crippen LogP contribution in [0.2, 0.25) is 5.15 Å². The van der Waals surface area contributed by atoms with Crippen LogP contribution >= 0.6 is 11.6 Å². The van der Waals surface area contributed by atoms with Crippen LogP contribution in [0.1, 0.15) is 5.56 Å². The van der Waals surface area contributed by atoms with Crippen molar-refractivity contribution in [3.05, 3.63) is 47.1 Å². The molecule has 0 aliphatic carbocycles. The van der Waals surface area contributed by atoms with E-state index in [1.807, 2.05) is 0 Å². The molecule has 0 aliphatic heterocycles. The van der Waals surface area contributed by atoms with Gasteiger partial charge >= 0.3 is 0 Å². The van der Waals surface area contributed by atoms with Gasteiger partial charge in [-0.3, -0.25) is 4.21 Å². The maximum atomic E-state index is 10.7. The van der Waals surface area contributed by atoms with Crippen LogP contribution in [0.25, 0.3) is 0 Å². The molecule has 1 unspecified atom stereocenters. The number of methoxy groups -OCH3 is 1. The van der Waals surface area contributed by atoms with E-state index in [2.05, 4.69) is 4.98 Å². The standard InChI is InChI=1S/C13H12ClNO4S/c1-18-13-7-9(6-12(14)15-13)8-19-10-2-4-11(5-3-10)20(16)17/h2-7H,8H2,1H3,(H,16,17)/p-1. The van der Waals surface area contributed by atoms with Gasteiger partial charge in [0.1, 0.15) is 17.5 Å². The van der Waals surface area contributed by atoms with Crippen molar-refractivity contribution in [2.24, 2.45) is 0 Å². The summed E-state index contributed by atoms with van der Waals surface area (Å²) < 4.78 is 32.0. The molecule has 2 aromatic rings. The van der Waals surface area contributed by atoms with Gasteiger partial charge in [-0.25, -0.2) is 4.98 Å². The van der Waals surface area contributed by atoms with Crippen LogP contribution in [0.4, 0.5) is 0 Å². The van der Waals surface area contributed by atoms with Gasteiger partial charge in [-0.15, -0.1) is 0 Å². The maximum Gasteiger partial charge on any atom is 0.214 e. The molecule has 20 heavy (non-hydrogen) atoms. The number of hydrogen-bond donors (Lipinski definition) is 0. The summed E-state index contributed by atoms with van der Waals surface area (Å²) in [5.74, 6) is 0.972. The molecule has 106 valence electrons. The first-order chi connectivity index (χ1) is 9.58. The average Bonchev–Trinajstić information content (AvgIpc) is 2.45. The molecule has 1 heterocycles. The first-order valence-electron chi connectivity index (χ1n) is 5.61. The highest BCUT2D eigenvalue weighted by atomic mass is 35.5. The van der Waals surface area contributed by atoms with Gasteiger partial charge < -0.3 is 14.0 Å². The van der Waals surface area contributed by atoms with E-state index in [9.17, 15) is 8.76 Å². The molecule has 1 aromatic heterocycles. The third kappa shape index (κ3) is 3.93. The van der Waals surface area contributed by atoms with Gasteiger partial charge in [-0.1, -0.05) is 11.6 Å². The van der Waals surface area contributed by atoms with Gasteiger partial charge in [0, 0.05) is 11.0 Å². The van der Waals surface area contributed by atoms with E-state index in [0.717, 1.165) is 5.56 Å². The van der Waals surface area contributed by atoms with Crippen LogP contribution < -0.4 is 9.47 Å². The summed E-state index contributed by atoms with van der Waals surface area (Å²) in [5.41, 5.74) is 0.804. The third-order valence-electron chi connectivity index (χ3n) is 2.46. The SMILES string of the molecule is COc1cc(COc2ccc(S(=O)[O-])cc2)cc(Cl)n1. The Morgan fingerprint density at radius 1 is 1.30 bits per heavy atom. The molecule has 0 aliphatic rings. The van der Waals surface area contributed by atoms with E-state index in [1.54, 1.807) is 24.3 Å². The molecule has 0 saturated heterocycles. The molecule has 0 amide bonds. The van der Waals surface area contributed by atoms with Gasteiger partial charge in [0.25, 0.3) is 0 Å². The summed E-state index contributed by atoms with van der Waals surface area (Å²) in [6, 6.07) is 9.51. The average molecular weight is 313 g/mol. The molecule has 2 rings (SSSR count). The van der Waals surface area contributed by atoms with E-state index < -0.39 is 11.1 Å². The molecular weight excluding hydrogens is 302 g/mol.